The number of amides is 1. The highest BCUT2D eigenvalue weighted by Gasteiger charge is 2.34. The van der Waals surface area contributed by atoms with Gasteiger partial charge >= 0.3 is 0 Å². The average Bonchev–Trinajstić information content (AvgIpc) is 3.47. The van der Waals surface area contributed by atoms with Crippen LogP contribution in [0.1, 0.15) is 16.7 Å². The number of hydrogen-bond donors (Lipinski definition) is 0. The van der Waals surface area contributed by atoms with E-state index in [-0.39, 0.29) is 22.8 Å². The lowest BCUT2D eigenvalue weighted by Gasteiger charge is -2.17. The maximum absolute atomic E-state index is 14.3. The largest absolute Gasteiger partial charge is 0.303 e. The molecule has 0 aliphatic carbocycles. The summed E-state index contributed by atoms with van der Waals surface area (Å²) in [4.78, 5) is 33.3. The van der Waals surface area contributed by atoms with Crippen molar-refractivity contribution in [2.75, 3.05) is 4.90 Å². The molecular weight excluding hydrogens is 451 g/mol. The SMILES string of the molecule is Cc1ccc(-c2nc3s/c(=C4\C(=O)N(Cc5ccccc5F)c5ccccc54)c(=O)n3n2)cc1. The van der Waals surface area contributed by atoms with E-state index in [1.54, 1.807) is 30.3 Å². The van der Waals surface area contributed by atoms with Crippen molar-refractivity contribution in [3.05, 3.63) is 110 Å². The van der Waals surface area contributed by atoms with Gasteiger partial charge in [-0.05, 0) is 19.1 Å². The number of hydrogen-bond acceptors (Lipinski definition) is 5. The molecule has 1 aliphatic rings. The van der Waals surface area contributed by atoms with Gasteiger partial charge < -0.3 is 4.90 Å². The van der Waals surface area contributed by atoms with Gasteiger partial charge in [-0.25, -0.2) is 4.39 Å². The lowest BCUT2D eigenvalue weighted by atomic mass is 10.1. The van der Waals surface area contributed by atoms with Crippen LogP contribution in [-0.2, 0) is 11.3 Å². The summed E-state index contributed by atoms with van der Waals surface area (Å²) >= 11 is 1.14. The molecule has 3 aromatic carbocycles. The fraction of sp³-hybridized carbons (Fsp3) is 0.0769. The van der Waals surface area contributed by atoms with E-state index >= 15 is 0 Å². The third-order valence-electron chi connectivity index (χ3n) is 5.90. The molecule has 0 N–H and O–H groups in total. The number of halogens is 1. The zero-order valence-electron chi connectivity index (χ0n) is 18.0. The lowest BCUT2D eigenvalue weighted by molar-refractivity contribution is -0.113. The second-order valence-electron chi connectivity index (χ2n) is 8.11. The van der Waals surface area contributed by atoms with Crippen LogP contribution < -0.4 is 15.0 Å². The number of para-hydroxylation sites is 1. The van der Waals surface area contributed by atoms with E-state index in [4.69, 9.17) is 0 Å². The molecule has 8 heteroatoms. The third kappa shape index (κ3) is 3.14. The highest BCUT2D eigenvalue weighted by atomic mass is 32.1. The monoisotopic (exact) mass is 468 g/mol. The maximum atomic E-state index is 14.3. The molecule has 0 bridgehead atoms. The molecule has 34 heavy (non-hydrogen) atoms. The van der Waals surface area contributed by atoms with E-state index in [0.29, 0.717) is 33.2 Å². The predicted molar refractivity (Wildman–Crippen MR) is 129 cm³/mol. The van der Waals surface area contributed by atoms with Crippen molar-refractivity contribution < 1.29 is 9.18 Å². The molecular formula is C26H17FN4O2S. The Labute approximate surface area is 197 Å². The molecule has 0 atom stereocenters. The summed E-state index contributed by atoms with van der Waals surface area (Å²) in [7, 11) is 0. The van der Waals surface area contributed by atoms with Crippen molar-refractivity contribution in [1.82, 2.24) is 14.6 Å². The predicted octanol–water partition coefficient (Wildman–Crippen LogP) is 3.73. The Morgan fingerprint density at radius 3 is 2.44 bits per heavy atom. The minimum atomic E-state index is -0.392. The molecule has 0 fully saturated rings. The van der Waals surface area contributed by atoms with Gasteiger partial charge in [0.05, 0.1) is 17.8 Å². The quantitative estimate of drug-likeness (QED) is 0.405. The molecule has 0 saturated heterocycles. The van der Waals surface area contributed by atoms with E-state index < -0.39 is 5.56 Å². The molecule has 0 unspecified atom stereocenters. The Bertz CT molecular complexity index is 1710. The first-order valence-electron chi connectivity index (χ1n) is 10.7. The lowest BCUT2D eigenvalue weighted by Crippen LogP contribution is -2.32. The molecule has 3 heterocycles. The number of thiazole rings is 1. The molecule has 0 saturated carbocycles. The molecule has 0 spiro atoms. The fourth-order valence-electron chi connectivity index (χ4n) is 4.16. The number of rotatable bonds is 3. The number of anilines is 1. The summed E-state index contributed by atoms with van der Waals surface area (Å²) in [6.45, 7) is 2.06. The molecule has 1 amide bonds. The summed E-state index contributed by atoms with van der Waals surface area (Å²) in [6, 6.07) is 21.3. The first kappa shape index (κ1) is 20.4. The van der Waals surface area contributed by atoms with Gasteiger partial charge in [-0.3, -0.25) is 9.59 Å². The van der Waals surface area contributed by atoms with Crippen molar-refractivity contribution in [1.29, 1.82) is 0 Å². The van der Waals surface area contributed by atoms with Crippen LogP contribution in [0.5, 0.6) is 0 Å². The van der Waals surface area contributed by atoms with Crippen molar-refractivity contribution in [2.24, 2.45) is 0 Å². The van der Waals surface area contributed by atoms with E-state index in [1.807, 2.05) is 43.3 Å². The minimum absolute atomic E-state index is 0.0680. The first-order chi connectivity index (χ1) is 16.5. The van der Waals surface area contributed by atoms with Crippen LogP contribution in [-0.4, -0.2) is 20.5 Å². The van der Waals surface area contributed by atoms with Crippen LogP contribution in [0.2, 0.25) is 0 Å². The molecule has 6 rings (SSSR count). The summed E-state index contributed by atoms with van der Waals surface area (Å²) in [5.74, 6) is -0.266. The van der Waals surface area contributed by atoms with E-state index in [9.17, 15) is 14.0 Å². The standard InChI is InChI=1S/C26H17FN4O2S/c1-15-10-12-16(13-11-15)23-28-26-31(29-23)25(33)22(34-26)21-18-7-3-5-9-20(18)30(24(21)32)14-17-6-2-4-8-19(17)27/h2-13H,14H2,1H3/b22-21-. The number of nitrogens with zero attached hydrogens (tertiary/aromatic N) is 4. The Balaban J connectivity index is 1.50. The maximum Gasteiger partial charge on any atom is 0.291 e. The smallest absolute Gasteiger partial charge is 0.291 e. The van der Waals surface area contributed by atoms with Crippen LogP contribution in [0.3, 0.4) is 0 Å². The number of carbonyl (C=O) groups is 1. The van der Waals surface area contributed by atoms with Crippen LogP contribution in [0.15, 0.2) is 77.6 Å². The highest BCUT2D eigenvalue weighted by molar-refractivity contribution is 7.15. The molecule has 2 aromatic heterocycles. The topological polar surface area (TPSA) is 67.6 Å². The molecule has 6 nitrogen and oxygen atoms in total. The van der Waals surface area contributed by atoms with Crippen LogP contribution >= 0.6 is 11.3 Å². The number of fused-ring (bicyclic) bond motifs is 2. The zero-order chi connectivity index (χ0) is 23.4. The van der Waals surface area contributed by atoms with Gasteiger partial charge in [0.2, 0.25) is 4.96 Å². The van der Waals surface area contributed by atoms with Crippen molar-refractivity contribution in [3.8, 4) is 11.4 Å². The van der Waals surface area contributed by atoms with Crippen LogP contribution in [0.4, 0.5) is 10.1 Å². The molecule has 0 radical (unpaired) electrons. The van der Waals surface area contributed by atoms with Gasteiger partial charge in [-0.15, -0.1) is 5.10 Å². The van der Waals surface area contributed by atoms with Crippen LogP contribution in [0.25, 0.3) is 21.9 Å². The number of aryl methyl sites for hydroxylation is 1. The number of carbonyl (C=O) groups excluding carboxylic acids is 1. The summed E-state index contributed by atoms with van der Waals surface area (Å²) < 4.78 is 15.8. The van der Waals surface area contributed by atoms with Gasteiger partial charge in [0.15, 0.2) is 5.82 Å². The highest BCUT2D eigenvalue weighted by Crippen LogP contribution is 2.36. The van der Waals surface area contributed by atoms with Gasteiger partial charge in [-0.1, -0.05) is 77.6 Å². The van der Waals surface area contributed by atoms with E-state index in [2.05, 4.69) is 10.1 Å². The molecule has 5 aromatic rings. The van der Waals surface area contributed by atoms with Gasteiger partial charge in [0, 0.05) is 16.7 Å². The second kappa shape index (κ2) is 7.71. The van der Waals surface area contributed by atoms with Gasteiger partial charge in [-0.2, -0.15) is 9.50 Å². The normalized spacial score (nSPS) is 14.8. The van der Waals surface area contributed by atoms with Crippen molar-refractivity contribution >= 4 is 33.5 Å². The van der Waals surface area contributed by atoms with Gasteiger partial charge in [0.1, 0.15) is 10.3 Å². The van der Waals surface area contributed by atoms with E-state index in [1.165, 1.54) is 15.5 Å². The Hall–Kier alpha value is -4.17. The molecule has 166 valence electrons. The first-order valence-corrected chi connectivity index (χ1v) is 11.5. The Kier molecular flexibility index (Phi) is 4.63. The average molecular weight is 469 g/mol. The number of benzene rings is 3. The fourth-order valence-corrected chi connectivity index (χ4v) is 5.16. The molecule has 1 aliphatic heterocycles. The summed E-state index contributed by atoms with van der Waals surface area (Å²) in [5, 5.41) is 4.40. The van der Waals surface area contributed by atoms with Crippen molar-refractivity contribution in [3.63, 3.8) is 0 Å². The Morgan fingerprint density at radius 2 is 1.68 bits per heavy atom. The third-order valence-corrected chi connectivity index (χ3v) is 6.93. The summed E-state index contributed by atoms with van der Waals surface area (Å²) in [5.41, 5.74) is 3.52. The van der Waals surface area contributed by atoms with Crippen molar-refractivity contribution in [2.45, 2.75) is 13.5 Å². The zero-order valence-corrected chi connectivity index (χ0v) is 18.8. The van der Waals surface area contributed by atoms with Gasteiger partial charge in [0.25, 0.3) is 11.5 Å². The number of aromatic nitrogens is 3. The van der Waals surface area contributed by atoms with E-state index in [0.717, 1.165) is 22.5 Å². The second-order valence-corrected chi connectivity index (χ2v) is 9.08. The summed E-state index contributed by atoms with van der Waals surface area (Å²) in [6.07, 6.45) is 0. The minimum Gasteiger partial charge on any atom is -0.303 e. The Morgan fingerprint density at radius 1 is 0.941 bits per heavy atom. The van der Waals surface area contributed by atoms with Crippen LogP contribution in [0, 0.1) is 12.7 Å².